The number of anilines is 1. The van der Waals surface area contributed by atoms with E-state index in [4.69, 9.17) is 0 Å². The fourth-order valence-electron chi connectivity index (χ4n) is 2.05. The van der Waals surface area contributed by atoms with Gasteiger partial charge in [-0.1, -0.05) is 18.2 Å². The predicted octanol–water partition coefficient (Wildman–Crippen LogP) is 4.75. The van der Waals surface area contributed by atoms with Gasteiger partial charge >= 0.3 is 0 Å². The Bertz CT molecular complexity index is 536. The first-order valence-corrected chi connectivity index (χ1v) is 7.97. The first kappa shape index (κ1) is 14.6. The topological polar surface area (TPSA) is 15.3 Å². The van der Waals surface area contributed by atoms with Crippen LogP contribution in [0.25, 0.3) is 0 Å². The van der Waals surface area contributed by atoms with Crippen molar-refractivity contribution in [1.82, 2.24) is 4.90 Å². The molecule has 0 fully saturated rings. The standard InChI is InChI=1S/C15H19BrN2S/c1-11(15-13(16)8-9-19-15)17-14-7-5-4-6-12(14)10-18(2)3/h4-9,11,17H,10H2,1-3H3. The zero-order chi connectivity index (χ0) is 13.8. The lowest BCUT2D eigenvalue weighted by atomic mass is 10.1. The molecule has 2 rings (SSSR count). The van der Waals surface area contributed by atoms with E-state index in [2.05, 4.69) is 82.9 Å². The maximum absolute atomic E-state index is 3.61. The van der Waals surface area contributed by atoms with Crippen LogP contribution < -0.4 is 5.32 Å². The molecule has 102 valence electrons. The normalized spacial score (nSPS) is 12.7. The second-order valence-corrected chi connectivity index (χ2v) is 6.70. The van der Waals surface area contributed by atoms with Gasteiger partial charge in [-0.25, -0.2) is 0 Å². The average Bonchev–Trinajstić information content (AvgIpc) is 2.77. The molecule has 1 unspecified atom stereocenters. The van der Waals surface area contributed by atoms with Gasteiger partial charge in [-0.2, -0.15) is 0 Å². The second-order valence-electron chi connectivity index (χ2n) is 4.89. The first-order valence-electron chi connectivity index (χ1n) is 6.30. The molecule has 1 aromatic heterocycles. The minimum atomic E-state index is 0.303. The lowest BCUT2D eigenvalue weighted by molar-refractivity contribution is 0.403. The second kappa shape index (κ2) is 6.55. The van der Waals surface area contributed by atoms with E-state index < -0.39 is 0 Å². The predicted molar refractivity (Wildman–Crippen MR) is 87.9 cm³/mol. The Morgan fingerprint density at radius 3 is 2.63 bits per heavy atom. The SMILES string of the molecule is CC(Nc1ccccc1CN(C)C)c1sccc1Br. The monoisotopic (exact) mass is 338 g/mol. The van der Waals surface area contributed by atoms with E-state index in [-0.39, 0.29) is 0 Å². The van der Waals surface area contributed by atoms with Crippen LogP contribution in [-0.4, -0.2) is 19.0 Å². The van der Waals surface area contributed by atoms with Gasteiger partial charge in [0.15, 0.2) is 0 Å². The van der Waals surface area contributed by atoms with Crippen LogP contribution in [0.1, 0.15) is 23.4 Å². The minimum Gasteiger partial charge on any atom is -0.377 e. The number of benzene rings is 1. The summed E-state index contributed by atoms with van der Waals surface area (Å²) in [4.78, 5) is 3.52. The molecule has 1 N–H and O–H groups in total. The summed E-state index contributed by atoms with van der Waals surface area (Å²) in [7, 11) is 4.19. The Morgan fingerprint density at radius 2 is 2.00 bits per heavy atom. The van der Waals surface area contributed by atoms with Gasteiger partial charge in [-0.3, -0.25) is 0 Å². The van der Waals surface area contributed by atoms with Crippen LogP contribution >= 0.6 is 27.3 Å². The van der Waals surface area contributed by atoms with Gasteiger partial charge in [-0.15, -0.1) is 11.3 Å². The molecular formula is C15H19BrN2S. The highest BCUT2D eigenvalue weighted by Gasteiger charge is 2.12. The maximum Gasteiger partial charge on any atom is 0.0589 e. The number of halogens is 1. The molecule has 0 radical (unpaired) electrons. The summed E-state index contributed by atoms with van der Waals surface area (Å²) >= 11 is 5.38. The fraction of sp³-hybridized carbons (Fsp3) is 0.333. The average molecular weight is 339 g/mol. The van der Waals surface area contributed by atoms with Crippen molar-refractivity contribution in [3.05, 3.63) is 50.6 Å². The van der Waals surface area contributed by atoms with Gasteiger partial charge in [-0.05, 0) is 60.0 Å². The molecular weight excluding hydrogens is 320 g/mol. The minimum absolute atomic E-state index is 0.303. The molecule has 0 amide bonds. The van der Waals surface area contributed by atoms with Gasteiger partial charge in [0.1, 0.15) is 0 Å². The van der Waals surface area contributed by atoms with Crippen LogP contribution in [0.4, 0.5) is 5.69 Å². The first-order chi connectivity index (χ1) is 9.08. The fourth-order valence-corrected chi connectivity index (χ4v) is 3.78. The van der Waals surface area contributed by atoms with Crippen LogP contribution in [0.15, 0.2) is 40.2 Å². The zero-order valence-electron chi connectivity index (χ0n) is 11.5. The molecule has 0 spiro atoms. The summed E-state index contributed by atoms with van der Waals surface area (Å²) in [5.74, 6) is 0. The maximum atomic E-state index is 3.61. The highest BCUT2D eigenvalue weighted by Crippen LogP contribution is 2.31. The van der Waals surface area contributed by atoms with E-state index in [9.17, 15) is 0 Å². The van der Waals surface area contributed by atoms with Crippen molar-refractivity contribution in [1.29, 1.82) is 0 Å². The van der Waals surface area contributed by atoms with Crippen LogP contribution in [0.5, 0.6) is 0 Å². The van der Waals surface area contributed by atoms with Crippen LogP contribution in [0, 0.1) is 0 Å². The smallest absolute Gasteiger partial charge is 0.0589 e. The van der Waals surface area contributed by atoms with E-state index in [1.807, 2.05) is 0 Å². The zero-order valence-corrected chi connectivity index (χ0v) is 13.9. The number of hydrogen-bond acceptors (Lipinski definition) is 3. The third-order valence-corrected chi connectivity index (χ3v) is 4.97. The molecule has 2 nitrogen and oxygen atoms in total. The summed E-state index contributed by atoms with van der Waals surface area (Å²) < 4.78 is 1.18. The lowest BCUT2D eigenvalue weighted by Crippen LogP contribution is -2.14. The van der Waals surface area contributed by atoms with Crippen LogP contribution in [0.3, 0.4) is 0 Å². The van der Waals surface area contributed by atoms with Crippen molar-refractivity contribution in [2.45, 2.75) is 19.5 Å². The van der Waals surface area contributed by atoms with Crippen molar-refractivity contribution < 1.29 is 0 Å². The molecule has 0 saturated carbocycles. The van der Waals surface area contributed by atoms with Crippen molar-refractivity contribution in [2.24, 2.45) is 0 Å². The van der Waals surface area contributed by atoms with E-state index >= 15 is 0 Å². The molecule has 0 aliphatic carbocycles. The highest BCUT2D eigenvalue weighted by molar-refractivity contribution is 9.10. The largest absolute Gasteiger partial charge is 0.377 e. The van der Waals surface area contributed by atoms with E-state index in [1.54, 1.807) is 11.3 Å². The Hall–Kier alpha value is -0.840. The molecule has 2 aromatic rings. The van der Waals surface area contributed by atoms with Crippen molar-refractivity contribution in [2.75, 3.05) is 19.4 Å². The Kier molecular flexibility index (Phi) is 5.02. The van der Waals surface area contributed by atoms with E-state index in [0.29, 0.717) is 6.04 Å². The van der Waals surface area contributed by atoms with Gasteiger partial charge in [0, 0.05) is 21.6 Å². The van der Waals surface area contributed by atoms with Gasteiger partial charge in [0.2, 0.25) is 0 Å². The van der Waals surface area contributed by atoms with E-state index in [1.165, 1.54) is 20.6 Å². The number of hydrogen-bond donors (Lipinski definition) is 1. The number of para-hydroxylation sites is 1. The molecule has 1 heterocycles. The molecule has 0 bridgehead atoms. The van der Waals surface area contributed by atoms with Crippen LogP contribution in [-0.2, 0) is 6.54 Å². The van der Waals surface area contributed by atoms with Gasteiger partial charge in [0.25, 0.3) is 0 Å². The summed E-state index contributed by atoms with van der Waals surface area (Å²) in [6.07, 6.45) is 0. The summed E-state index contributed by atoms with van der Waals surface area (Å²) in [6.45, 7) is 3.14. The third kappa shape index (κ3) is 3.81. The molecule has 1 atom stereocenters. The summed E-state index contributed by atoms with van der Waals surface area (Å²) in [5.41, 5.74) is 2.54. The third-order valence-electron chi connectivity index (χ3n) is 2.91. The Labute approximate surface area is 127 Å². The number of rotatable bonds is 5. The van der Waals surface area contributed by atoms with Gasteiger partial charge in [0.05, 0.1) is 6.04 Å². The lowest BCUT2D eigenvalue weighted by Gasteiger charge is -2.19. The Balaban J connectivity index is 2.17. The number of thiophene rings is 1. The number of nitrogens with zero attached hydrogens (tertiary/aromatic N) is 1. The van der Waals surface area contributed by atoms with Crippen molar-refractivity contribution in [3.63, 3.8) is 0 Å². The molecule has 19 heavy (non-hydrogen) atoms. The quantitative estimate of drug-likeness (QED) is 0.846. The van der Waals surface area contributed by atoms with Crippen LogP contribution in [0.2, 0.25) is 0 Å². The van der Waals surface area contributed by atoms with Crippen molar-refractivity contribution in [3.8, 4) is 0 Å². The summed E-state index contributed by atoms with van der Waals surface area (Å²) in [6, 6.07) is 10.9. The van der Waals surface area contributed by atoms with Gasteiger partial charge < -0.3 is 10.2 Å². The molecule has 4 heteroatoms. The van der Waals surface area contributed by atoms with Crippen molar-refractivity contribution >= 4 is 33.0 Å². The summed E-state index contributed by atoms with van der Waals surface area (Å²) in [5, 5.41) is 5.73. The van der Waals surface area contributed by atoms with E-state index in [0.717, 1.165) is 6.54 Å². The Morgan fingerprint density at radius 1 is 1.26 bits per heavy atom. The number of nitrogens with one attached hydrogen (secondary N) is 1. The highest BCUT2D eigenvalue weighted by atomic mass is 79.9. The molecule has 0 aliphatic rings. The molecule has 1 aromatic carbocycles. The molecule has 0 saturated heterocycles. The molecule has 0 aliphatic heterocycles.